The van der Waals surface area contributed by atoms with Crippen molar-refractivity contribution in [2.24, 2.45) is 27.9 Å². The van der Waals surface area contributed by atoms with E-state index in [0.29, 0.717) is 30.4 Å². The molecule has 2 aromatic carbocycles. The highest BCUT2D eigenvalue weighted by Crippen LogP contribution is 2.24. The van der Waals surface area contributed by atoms with E-state index in [0.717, 1.165) is 88.0 Å². The molecule has 0 unspecified atom stereocenters. The summed E-state index contributed by atoms with van der Waals surface area (Å²) in [5, 5.41) is 81.5. The minimum Gasteiger partial charge on any atom is -0.481 e. The predicted molar refractivity (Wildman–Crippen MR) is 451 cm³/mol. The van der Waals surface area contributed by atoms with Gasteiger partial charge in [-0.05, 0) is 107 Å². The number of aliphatic hydroxyl groups is 4. The van der Waals surface area contributed by atoms with E-state index >= 15 is 4.79 Å². The van der Waals surface area contributed by atoms with Crippen LogP contribution in [0, 0.1) is 0 Å². The lowest BCUT2D eigenvalue weighted by molar-refractivity contribution is -0.143. The Kier molecular flexibility index (Phi) is 47.2. The Morgan fingerprint density at radius 1 is 0.516 bits per heavy atom. The van der Waals surface area contributed by atoms with Crippen LogP contribution in [0.1, 0.15) is 211 Å². The van der Waals surface area contributed by atoms with Gasteiger partial charge in [-0.2, -0.15) is 0 Å². The van der Waals surface area contributed by atoms with Gasteiger partial charge in [-0.15, -0.1) is 0 Å². The molecule has 2 aliphatic heterocycles. The summed E-state index contributed by atoms with van der Waals surface area (Å²) in [6, 6.07) is -2.77. The van der Waals surface area contributed by atoms with Crippen LogP contribution in [0.3, 0.4) is 0 Å². The van der Waals surface area contributed by atoms with Gasteiger partial charge < -0.3 is 122 Å². The van der Waals surface area contributed by atoms with Crippen LogP contribution in [-0.2, 0) is 84.8 Å². The monoisotopic (exact) mass is 1710 g/mol. The van der Waals surface area contributed by atoms with E-state index in [2.05, 4.69) is 73.8 Å². The number of para-hydroxylation sites is 1. The highest BCUT2D eigenvalue weighted by Gasteiger charge is 2.42. The minimum absolute atomic E-state index is 0.0135. The van der Waals surface area contributed by atoms with Crippen molar-refractivity contribution < 1.29 is 97.5 Å². The lowest BCUT2D eigenvalue weighted by Crippen LogP contribution is -2.62. The van der Waals surface area contributed by atoms with E-state index in [4.69, 9.17) is 28.0 Å². The van der Waals surface area contributed by atoms with Crippen molar-refractivity contribution in [3.05, 3.63) is 71.9 Å². The van der Waals surface area contributed by atoms with Crippen LogP contribution in [0.5, 0.6) is 0 Å². The number of benzene rings is 2. The first kappa shape index (κ1) is 102. The number of aromatic amines is 1. The molecule has 14 amide bonds. The number of rotatable bonds is 49. The maximum atomic E-state index is 15.2. The predicted octanol–water partition coefficient (Wildman–Crippen LogP) is -1.88. The van der Waals surface area contributed by atoms with Crippen LogP contribution >= 0.6 is 0 Å². The fourth-order valence-electron chi connectivity index (χ4n) is 14.4. The quantitative estimate of drug-likeness (QED) is 0.0167. The average molecular weight is 1720 g/mol. The number of nitrogens with one attached hydrogen (secondary N) is 13. The Bertz CT molecular complexity index is 3890. The molecule has 0 radical (unpaired) electrons. The summed E-state index contributed by atoms with van der Waals surface area (Å²) in [6.07, 6.45) is 15.9. The summed E-state index contributed by atoms with van der Waals surface area (Å²) < 4.78 is 0. The lowest BCUT2D eigenvalue weighted by atomic mass is 10.0. The third-order valence-corrected chi connectivity index (χ3v) is 21.4. The molecule has 2 saturated heterocycles. The van der Waals surface area contributed by atoms with Crippen LogP contribution in [0.25, 0.3) is 10.9 Å². The van der Waals surface area contributed by atoms with Crippen molar-refractivity contribution >= 4 is 106 Å². The molecule has 12 atom stereocenters. The van der Waals surface area contributed by atoms with Gasteiger partial charge in [0.05, 0.1) is 26.4 Å². The molecule has 2 fully saturated rings. The number of aliphatic carboxylic acids is 1. The molecule has 39 heteroatoms. The molecule has 0 bridgehead atoms. The first-order chi connectivity index (χ1) is 58.6. The second kappa shape index (κ2) is 56.6. The van der Waals surface area contributed by atoms with Gasteiger partial charge >= 0.3 is 5.97 Å². The highest BCUT2D eigenvalue weighted by molar-refractivity contribution is 6.00. The number of hydrogen-bond acceptors (Lipinski definition) is 21. The average Bonchev–Trinajstić information content (AvgIpc) is 1.61. The van der Waals surface area contributed by atoms with Gasteiger partial charge in [0, 0.05) is 68.8 Å². The fraction of sp³-hybridized carbons (Fsp3) is 0.639. The van der Waals surface area contributed by atoms with Crippen molar-refractivity contribution in [3.8, 4) is 0 Å². The van der Waals surface area contributed by atoms with Crippen molar-refractivity contribution in [2.45, 2.75) is 285 Å². The number of guanidine groups is 1. The number of aliphatic hydroxyl groups excluding tert-OH is 4. The van der Waals surface area contributed by atoms with E-state index in [1.54, 1.807) is 49.5 Å². The standard InChI is InChI=1S/C83H131N19O20/c1-2-3-31-57(94-78(118)64(49-104)100-80(120)66(51-106)101-79(119)65(50-105)99-74(114)58(34-25-41-84)95-77(117)63(48-103)91-69(108)37-19-14-12-10-8-6-4-5-7-9-11-13-15-20-38-70(109)110)72(112)96-60-39-40-68(107)88-42-24-23-33-56(71(85)111)92-76(116)62(46-53-47-90-55-32-22-21-30-54(53)55)97-73(113)59(35-26-43-89-83(86)87)93-75(115)61(45-52-28-17-16-18-29-52)98-81(121)67-36-27-44-102(67)82(60)122/h16-18,21-22,28-30,32,47,56-67,90,103-106H,2-15,19-20,23-27,31,33-46,48-51,84H2,1H3,(H2,85,111)(H,88,107)(H,91,108)(H,92,116)(H,93,115)(H,94,118)(H,95,117)(H,96,112)(H,97,113)(H,98,121)(H,99,114)(H,100,120)(H,101,119)(H,109,110)(H4,86,87,89)/t56-,57-,58-,59-,60-,61+,62-,63+,64-,65+,66-,67-/m0/s1. The van der Waals surface area contributed by atoms with Crippen molar-refractivity contribution in [2.75, 3.05) is 52.6 Å². The molecule has 5 rings (SSSR count). The number of unbranched alkanes of at least 4 members (excludes halogenated alkanes) is 14. The number of hydrogen-bond donors (Lipinski definition) is 22. The zero-order valence-corrected chi connectivity index (χ0v) is 70.0. The number of fused-ring (bicyclic) bond motifs is 2. The van der Waals surface area contributed by atoms with E-state index < -0.39 is 200 Å². The molecule has 122 heavy (non-hydrogen) atoms. The van der Waals surface area contributed by atoms with Crippen LogP contribution in [0.15, 0.2) is 65.8 Å². The minimum atomic E-state index is -1.94. The van der Waals surface area contributed by atoms with Crippen LogP contribution in [0.2, 0.25) is 0 Å². The largest absolute Gasteiger partial charge is 0.481 e. The summed E-state index contributed by atoms with van der Waals surface area (Å²) in [5.41, 5.74) is 24.8. The first-order valence-corrected chi connectivity index (χ1v) is 42.8. The third-order valence-electron chi connectivity index (χ3n) is 21.4. The summed E-state index contributed by atoms with van der Waals surface area (Å²) in [4.78, 5) is 217. The second-order valence-electron chi connectivity index (χ2n) is 31.1. The maximum Gasteiger partial charge on any atom is 0.303 e. The molecule has 3 aromatic rings. The second-order valence-corrected chi connectivity index (χ2v) is 31.1. The number of carboxylic acids is 1. The van der Waals surface area contributed by atoms with Gasteiger partial charge in [-0.1, -0.05) is 145 Å². The highest BCUT2D eigenvalue weighted by atomic mass is 16.4. The molecule has 39 nitrogen and oxygen atoms in total. The molecule has 0 aliphatic carbocycles. The number of H-pyrrole nitrogens is 1. The molecule has 0 spiro atoms. The van der Waals surface area contributed by atoms with Crippen molar-refractivity contribution in [3.63, 3.8) is 0 Å². The summed E-state index contributed by atoms with van der Waals surface area (Å²) >= 11 is 0. The molecule has 0 saturated carbocycles. The number of primary amides is 1. The summed E-state index contributed by atoms with van der Waals surface area (Å²) in [5.74, 6) is -13.8. The van der Waals surface area contributed by atoms with Crippen molar-refractivity contribution in [1.29, 1.82) is 0 Å². The fourth-order valence-corrected chi connectivity index (χ4v) is 14.4. The Labute approximate surface area is 711 Å². The molecule has 26 N–H and O–H groups in total. The number of aromatic nitrogens is 1. The van der Waals surface area contributed by atoms with Gasteiger partial charge in [0.1, 0.15) is 72.5 Å². The Balaban J connectivity index is 1.27. The van der Waals surface area contributed by atoms with Crippen molar-refractivity contribution in [1.82, 2.24) is 73.7 Å². The summed E-state index contributed by atoms with van der Waals surface area (Å²) in [6.45, 7) is -2.46. The molecular weight excluding hydrogens is 1580 g/mol. The number of aliphatic imine (C=N–C) groups is 1. The van der Waals surface area contributed by atoms with Crippen LogP contribution < -0.4 is 86.7 Å². The SMILES string of the molecule is CCCC[C@H](NC(=O)[C@H](CO)NC(=O)[C@H](CO)NC(=O)[C@@H](CO)NC(=O)[C@H](CCCN)NC(=O)[C@@H](CO)NC(=O)CCCCCCCCCCCCCCCCC(=O)O)C(=O)N[C@H]1CCC(=O)NCCCC[C@@H](C(N)=O)NC(=O)[C@H](Cc2c[nH]c3ccccc23)NC(=O)[C@H](CCCN=C(N)N)NC(=O)[C@@H](Cc2ccccc2)NC(=O)[C@@H]2CCCN2C1=O. The first-order valence-electron chi connectivity index (χ1n) is 42.8. The molecule has 678 valence electrons. The Morgan fingerprint density at radius 2 is 1.01 bits per heavy atom. The van der Waals surface area contributed by atoms with E-state index in [9.17, 15) is 87.5 Å². The smallest absolute Gasteiger partial charge is 0.303 e. The zero-order chi connectivity index (χ0) is 89.3. The van der Waals surface area contributed by atoms with E-state index in [-0.39, 0.29) is 128 Å². The number of carboxylic acid groups (broad SMARTS) is 1. The lowest BCUT2D eigenvalue weighted by Gasteiger charge is -2.31. The van der Waals surface area contributed by atoms with Gasteiger partial charge in [-0.25, -0.2) is 0 Å². The van der Waals surface area contributed by atoms with Crippen LogP contribution in [0.4, 0.5) is 0 Å². The van der Waals surface area contributed by atoms with E-state index in [1.165, 1.54) is 4.90 Å². The van der Waals surface area contributed by atoms with E-state index in [1.807, 2.05) is 18.2 Å². The maximum absolute atomic E-state index is 15.2. The van der Waals surface area contributed by atoms with Crippen LogP contribution in [-0.4, -0.2) is 255 Å². The third kappa shape index (κ3) is 36.8. The Hall–Kier alpha value is -10.9. The van der Waals surface area contributed by atoms with Gasteiger partial charge in [0.2, 0.25) is 82.7 Å². The number of carbonyl (C=O) groups is 15. The molecular formula is C83H131N19O20. The molecule has 1 aromatic heterocycles. The number of carbonyl (C=O) groups excluding carboxylic acids is 14. The normalized spacial score (nSPS) is 19.3. The number of nitrogens with two attached hydrogens (primary N) is 4. The van der Waals surface area contributed by atoms with Gasteiger partial charge in [0.15, 0.2) is 5.96 Å². The van der Waals surface area contributed by atoms with Gasteiger partial charge in [0.25, 0.3) is 0 Å². The van der Waals surface area contributed by atoms with Gasteiger partial charge in [-0.3, -0.25) is 76.9 Å². The number of nitrogens with zero attached hydrogens (tertiary/aromatic N) is 2. The molecule has 2 aliphatic rings. The molecule has 3 heterocycles. The number of amides is 14. The topological polar surface area (TPSA) is 637 Å². The zero-order valence-electron chi connectivity index (χ0n) is 70.0. The Morgan fingerprint density at radius 3 is 1.57 bits per heavy atom. The summed E-state index contributed by atoms with van der Waals surface area (Å²) in [7, 11) is 0.